The highest BCUT2D eigenvalue weighted by atomic mass is 16.5. The van der Waals surface area contributed by atoms with Crippen molar-refractivity contribution in [1.29, 1.82) is 0 Å². The molecule has 4 rings (SSSR count). The molecule has 0 aromatic rings. The summed E-state index contributed by atoms with van der Waals surface area (Å²) in [5, 5.41) is 6.99. The van der Waals surface area contributed by atoms with Crippen LogP contribution in [0.15, 0.2) is 0 Å². The molecule has 1 spiro atoms. The van der Waals surface area contributed by atoms with Crippen LogP contribution in [0, 0.1) is 0 Å². The van der Waals surface area contributed by atoms with Gasteiger partial charge in [0, 0.05) is 38.6 Å². The van der Waals surface area contributed by atoms with Crippen LogP contribution in [0.5, 0.6) is 0 Å². The summed E-state index contributed by atoms with van der Waals surface area (Å²) in [6.07, 6.45) is 8.69. The lowest BCUT2D eigenvalue weighted by atomic mass is 9.68. The highest BCUT2D eigenvalue weighted by Gasteiger charge is 2.47. The second kappa shape index (κ2) is 5.52. The van der Waals surface area contributed by atoms with E-state index < -0.39 is 0 Å². The molecule has 3 heterocycles. The first-order valence-electron chi connectivity index (χ1n) is 8.66. The van der Waals surface area contributed by atoms with E-state index in [1.807, 2.05) is 0 Å². The molecule has 5 nitrogen and oxygen atoms in total. The molecular formula is C16H27N3O2. The molecule has 1 amide bonds. The number of carbonyl (C=O) groups excluding carboxylic acids is 1. The topological polar surface area (TPSA) is 53.6 Å². The predicted octanol–water partition coefficient (Wildman–Crippen LogP) is 0.641. The van der Waals surface area contributed by atoms with Gasteiger partial charge in [-0.2, -0.15) is 0 Å². The lowest BCUT2D eigenvalue weighted by molar-refractivity contribution is -0.128. The van der Waals surface area contributed by atoms with Crippen LogP contribution in [0.4, 0.5) is 0 Å². The third kappa shape index (κ3) is 2.71. The summed E-state index contributed by atoms with van der Waals surface area (Å²) < 4.78 is 5.89. The molecule has 4 aliphatic rings. The number of rotatable bonds is 4. The monoisotopic (exact) mass is 293 g/mol. The Morgan fingerprint density at radius 1 is 1.24 bits per heavy atom. The average molecular weight is 293 g/mol. The molecule has 5 heteroatoms. The van der Waals surface area contributed by atoms with Gasteiger partial charge in [-0.15, -0.1) is 0 Å². The Balaban J connectivity index is 1.26. The Bertz CT molecular complexity index is 398. The van der Waals surface area contributed by atoms with Crippen LogP contribution in [0.25, 0.3) is 0 Å². The maximum absolute atomic E-state index is 11.7. The normalized spacial score (nSPS) is 38.3. The van der Waals surface area contributed by atoms with Crippen molar-refractivity contribution in [2.24, 2.45) is 0 Å². The summed E-state index contributed by atoms with van der Waals surface area (Å²) in [5.74, 6) is 0.248. The maximum Gasteiger partial charge on any atom is 0.220 e. The van der Waals surface area contributed by atoms with Gasteiger partial charge < -0.3 is 15.4 Å². The van der Waals surface area contributed by atoms with E-state index in [-0.39, 0.29) is 11.4 Å². The third-order valence-corrected chi connectivity index (χ3v) is 5.90. The number of nitrogens with one attached hydrogen (secondary N) is 2. The minimum atomic E-state index is 0.0827. The van der Waals surface area contributed by atoms with Gasteiger partial charge >= 0.3 is 0 Å². The number of fused-ring (bicyclic) bond motifs is 2. The number of ether oxygens (including phenoxy) is 1. The molecule has 1 saturated carbocycles. The van der Waals surface area contributed by atoms with Crippen molar-refractivity contribution >= 4 is 5.91 Å². The minimum absolute atomic E-state index is 0.0827. The second-order valence-corrected chi connectivity index (χ2v) is 7.32. The molecule has 2 N–H and O–H groups in total. The van der Waals surface area contributed by atoms with Gasteiger partial charge in [0.05, 0.1) is 17.7 Å². The van der Waals surface area contributed by atoms with Gasteiger partial charge in [0.25, 0.3) is 0 Å². The molecule has 3 saturated heterocycles. The molecule has 0 aromatic carbocycles. The zero-order chi connectivity index (χ0) is 14.3. The Morgan fingerprint density at radius 2 is 2.00 bits per heavy atom. The van der Waals surface area contributed by atoms with Crippen LogP contribution >= 0.6 is 0 Å². The van der Waals surface area contributed by atoms with Gasteiger partial charge in [0.1, 0.15) is 0 Å². The van der Waals surface area contributed by atoms with Gasteiger partial charge in [0.15, 0.2) is 0 Å². The molecule has 0 radical (unpaired) electrons. The largest absolute Gasteiger partial charge is 0.372 e. The van der Waals surface area contributed by atoms with E-state index in [0.717, 1.165) is 45.4 Å². The molecule has 3 unspecified atom stereocenters. The van der Waals surface area contributed by atoms with Gasteiger partial charge in [-0.1, -0.05) is 0 Å². The van der Waals surface area contributed by atoms with Crippen molar-refractivity contribution < 1.29 is 9.53 Å². The first-order chi connectivity index (χ1) is 10.2. The van der Waals surface area contributed by atoms with Crippen molar-refractivity contribution in [3.63, 3.8) is 0 Å². The minimum Gasteiger partial charge on any atom is -0.372 e. The quantitative estimate of drug-likeness (QED) is 0.799. The van der Waals surface area contributed by atoms with E-state index in [2.05, 4.69) is 15.5 Å². The molecule has 3 aliphatic heterocycles. The summed E-state index contributed by atoms with van der Waals surface area (Å²) in [7, 11) is 0. The van der Waals surface area contributed by atoms with Crippen molar-refractivity contribution in [1.82, 2.24) is 15.5 Å². The fourth-order valence-corrected chi connectivity index (χ4v) is 4.59. The fourth-order valence-electron chi connectivity index (χ4n) is 4.59. The summed E-state index contributed by atoms with van der Waals surface area (Å²) in [6, 6.07) is 0.474. The smallest absolute Gasteiger partial charge is 0.220 e. The fraction of sp³-hybridized carbons (Fsp3) is 0.938. The number of morpholine rings is 1. The zero-order valence-corrected chi connectivity index (χ0v) is 12.8. The molecule has 0 aromatic heterocycles. The van der Waals surface area contributed by atoms with Crippen molar-refractivity contribution in [3.05, 3.63) is 0 Å². The van der Waals surface area contributed by atoms with Crippen LogP contribution in [0.3, 0.4) is 0 Å². The van der Waals surface area contributed by atoms with Crippen LogP contribution in [-0.4, -0.2) is 60.8 Å². The number of carbonyl (C=O) groups is 1. The van der Waals surface area contributed by atoms with Crippen LogP contribution < -0.4 is 10.6 Å². The number of hydrogen-bond acceptors (Lipinski definition) is 4. The van der Waals surface area contributed by atoms with E-state index in [0.29, 0.717) is 24.7 Å². The van der Waals surface area contributed by atoms with Crippen molar-refractivity contribution in [2.75, 3.05) is 26.2 Å². The van der Waals surface area contributed by atoms with Gasteiger partial charge in [-0.05, 0) is 38.5 Å². The summed E-state index contributed by atoms with van der Waals surface area (Å²) in [4.78, 5) is 14.2. The predicted molar refractivity (Wildman–Crippen MR) is 80.1 cm³/mol. The van der Waals surface area contributed by atoms with E-state index >= 15 is 0 Å². The third-order valence-electron chi connectivity index (χ3n) is 5.90. The highest BCUT2D eigenvalue weighted by molar-refractivity contribution is 5.78. The van der Waals surface area contributed by atoms with Crippen molar-refractivity contribution in [3.8, 4) is 0 Å². The van der Waals surface area contributed by atoms with Crippen LogP contribution in [-0.2, 0) is 9.53 Å². The van der Waals surface area contributed by atoms with E-state index in [9.17, 15) is 4.79 Å². The van der Waals surface area contributed by atoms with Crippen LogP contribution in [0.2, 0.25) is 0 Å². The number of piperidine rings is 1. The molecule has 1 aliphatic carbocycles. The average Bonchev–Trinajstić information content (AvgIpc) is 2.78. The van der Waals surface area contributed by atoms with Crippen molar-refractivity contribution in [2.45, 2.75) is 68.7 Å². The molecule has 4 fully saturated rings. The summed E-state index contributed by atoms with van der Waals surface area (Å²) in [6.45, 7) is 4.34. The van der Waals surface area contributed by atoms with Gasteiger partial charge in [-0.3, -0.25) is 9.69 Å². The summed E-state index contributed by atoms with van der Waals surface area (Å²) >= 11 is 0. The van der Waals surface area contributed by atoms with E-state index in [4.69, 9.17) is 4.74 Å². The van der Waals surface area contributed by atoms with Gasteiger partial charge in [-0.25, -0.2) is 0 Å². The number of nitrogens with zero attached hydrogens (tertiary/aromatic N) is 1. The molecular weight excluding hydrogens is 266 g/mol. The second-order valence-electron chi connectivity index (χ2n) is 7.32. The molecule has 118 valence electrons. The molecule has 2 bridgehead atoms. The van der Waals surface area contributed by atoms with Gasteiger partial charge in [0.2, 0.25) is 5.91 Å². The Hall–Kier alpha value is -0.650. The number of hydrogen-bond donors (Lipinski definition) is 2. The zero-order valence-electron chi connectivity index (χ0n) is 12.8. The first-order valence-corrected chi connectivity index (χ1v) is 8.66. The SMILES string of the molecule is O=C1CCC(NCCN2CC3CCC(C2)O3)C2(CCC2)N1. The Morgan fingerprint density at radius 3 is 2.67 bits per heavy atom. The van der Waals surface area contributed by atoms with E-state index in [1.54, 1.807) is 0 Å². The first kappa shape index (κ1) is 14.0. The lowest BCUT2D eigenvalue weighted by Crippen LogP contribution is -2.68. The highest BCUT2D eigenvalue weighted by Crippen LogP contribution is 2.38. The summed E-state index contributed by atoms with van der Waals surface area (Å²) in [5.41, 5.74) is 0.0827. The lowest BCUT2D eigenvalue weighted by Gasteiger charge is -2.51. The Kier molecular flexibility index (Phi) is 3.67. The maximum atomic E-state index is 11.7. The van der Waals surface area contributed by atoms with Crippen LogP contribution in [0.1, 0.15) is 44.9 Å². The number of amides is 1. The number of likely N-dealkylation sites (tertiary alicyclic amines) is 1. The molecule has 3 atom stereocenters. The molecule has 21 heavy (non-hydrogen) atoms. The standard InChI is InChI=1S/C16H27N3O2/c20-15-5-4-14(16(18-15)6-1-7-16)17-8-9-19-10-12-2-3-13(11-19)21-12/h12-14,17H,1-11H2,(H,18,20). The van der Waals surface area contributed by atoms with E-state index in [1.165, 1.54) is 19.3 Å². The Labute approximate surface area is 126 Å².